The molecular weight excluding hydrogens is 599 g/mol. The number of para-hydroxylation sites is 1. The molecule has 8 rings (SSSR count). The van der Waals surface area contributed by atoms with E-state index >= 15 is 0 Å². The molecule has 0 atom stereocenters. The van der Waals surface area contributed by atoms with E-state index in [1.54, 1.807) is 12.1 Å². The SMILES string of the molecule is Cc1ccc2c(c1)c1cc(-c3ccccc3-c3ccccc3-c3ccc(C(=N)OC(=N)c4ccccc4)cc3)ccc1n2-c1ccccc1. The van der Waals surface area contributed by atoms with Gasteiger partial charge in [0.1, 0.15) is 0 Å². The quantitative estimate of drug-likeness (QED) is 0.139. The molecule has 0 radical (unpaired) electrons. The molecule has 4 nitrogen and oxygen atoms in total. The van der Waals surface area contributed by atoms with Crippen molar-refractivity contribution in [3.8, 4) is 39.1 Å². The van der Waals surface area contributed by atoms with Crippen LogP contribution in [0.4, 0.5) is 0 Å². The monoisotopic (exact) mass is 631 g/mol. The Hall–Kier alpha value is -6.52. The van der Waals surface area contributed by atoms with Gasteiger partial charge in [-0.1, -0.05) is 115 Å². The van der Waals surface area contributed by atoms with Crippen LogP contribution in [-0.4, -0.2) is 16.4 Å². The lowest BCUT2D eigenvalue weighted by Crippen LogP contribution is -2.12. The van der Waals surface area contributed by atoms with Crippen LogP contribution in [0.3, 0.4) is 0 Å². The fraction of sp³-hybridized carbons (Fsp3) is 0.0222. The number of rotatable bonds is 6. The van der Waals surface area contributed by atoms with E-state index in [9.17, 15) is 0 Å². The first kappa shape index (κ1) is 29.9. The minimum atomic E-state index is -0.0572. The average molecular weight is 632 g/mol. The molecule has 0 saturated carbocycles. The summed E-state index contributed by atoms with van der Waals surface area (Å²) in [6.07, 6.45) is 0. The van der Waals surface area contributed by atoms with Crippen molar-refractivity contribution in [3.05, 3.63) is 187 Å². The van der Waals surface area contributed by atoms with Crippen molar-refractivity contribution >= 4 is 33.6 Å². The number of nitrogens with one attached hydrogen (secondary N) is 2. The van der Waals surface area contributed by atoms with Gasteiger partial charge in [0, 0.05) is 27.6 Å². The molecule has 0 aliphatic heterocycles. The molecule has 7 aromatic carbocycles. The standard InChI is InChI=1S/C45H33N3O/c1-30-20-26-42-40(28-30)41-29-34(25-27-43(41)48(42)35-14-6-3-7-15-35)37-17-9-11-19-39(37)38-18-10-8-16-36(38)31-21-23-33(24-22-31)45(47)49-44(46)32-12-4-2-5-13-32/h2-29,46-47H,1H3. The normalized spacial score (nSPS) is 11.1. The molecule has 0 bridgehead atoms. The largest absolute Gasteiger partial charge is 0.421 e. The van der Waals surface area contributed by atoms with Crippen molar-refractivity contribution in [1.82, 2.24) is 4.57 Å². The Labute approximate surface area is 285 Å². The first-order valence-electron chi connectivity index (χ1n) is 16.4. The van der Waals surface area contributed by atoms with Gasteiger partial charge in [-0.05, 0) is 101 Å². The molecule has 0 spiro atoms. The molecule has 0 aliphatic carbocycles. The third-order valence-electron chi connectivity index (χ3n) is 9.09. The smallest absolute Gasteiger partial charge is 0.221 e. The van der Waals surface area contributed by atoms with Gasteiger partial charge in [-0.3, -0.25) is 10.8 Å². The van der Waals surface area contributed by atoms with Crippen molar-refractivity contribution in [3.63, 3.8) is 0 Å². The number of fused-ring (bicyclic) bond motifs is 3. The molecule has 0 saturated heterocycles. The van der Waals surface area contributed by atoms with Crippen LogP contribution >= 0.6 is 0 Å². The van der Waals surface area contributed by atoms with E-state index in [-0.39, 0.29) is 11.8 Å². The first-order chi connectivity index (χ1) is 24.0. The Morgan fingerprint density at radius 1 is 0.449 bits per heavy atom. The lowest BCUT2D eigenvalue weighted by atomic mass is 9.89. The van der Waals surface area contributed by atoms with E-state index in [2.05, 4.69) is 127 Å². The lowest BCUT2D eigenvalue weighted by Gasteiger charge is -2.15. The third-order valence-corrected chi connectivity index (χ3v) is 9.09. The molecule has 49 heavy (non-hydrogen) atoms. The van der Waals surface area contributed by atoms with E-state index in [4.69, 9.17) is 15.6 Å². The van der Waals surface area contributed by atoms with Gasteiger partial charge in [0.15, 0.2) is 0 Å². The number of aryl methyl sites for hydroxylation is 1. The van der Waals surface area contributed by atoms with Gasteiger partial charge >= 0.3 is 0 Å². The molecule has 234 valence electrons. The number of aromatic nitrogens is 1. The lowest BCUT2D eigenvalue weighted by molar-refractivity contribution is 0.538. The molecule has 0 unspecified atom stereocenters. The predicted octanol–water partition coefficient (Wildman–Crippen LogP) is 11.5. The summed E-state index contributed by atoms with van der Waals surface area (Å²) in [5.74, 6) is -0.104. The fourth-order valence-electron chi connectivity index (χ4n) is 6.71. The van der Waals surface area contributed by atoms with Crippen molar-refractivity contribution in [2.45, 2.75) is 6.92 Å². The molecular formula is C45H33N3O. The van der Waals surface area contributed by atoms with E-state index in [1.807, 2.05) is 42.5 Å². The summed E-state index contributed by atoms with van der Waals surface area (Å²) in [7, 11) is 0. The molecule has 0 amide bonds. The van der Waals surface area contributed by atoms with Crippen LogP contribution in [-0.2, 0) is 4.74 Å². The molecule has 2 N–H and O–H groups in total. The number of ether oxygens (including phenoxy) is 1. The van der Waals surface area contributed by atoms with Gasteiger partial charge in [-0.25, -0.2) is 0 Å². The van der Waals surface area contributed by atoms with E-state index < -0.39 is 0 Å². The molecule has 8 aromatic rings. The molecule has 4 heteroatoms. The van der Waals surface area contributed by atoms with Crippen LogP contribution < -0.4 is 0 Å². The van der Waals surface area contributed by atoms with Gasteiger partial charge in [0.05, 0.1) is 11.0 Å². The van der Waals surface area contributed by atoms with Gasteiger partial charge < -0.3 is 9.30 Å². The second kappa shape index (κ2) is 12.6. The van der Waals surface area contributed by atoms with E-state index in [0.29, 0.717) is 11.1 Å². The highest BCUT2D eigenvalue weighted by molar-refractivity contribution is 6.11. The molecule has 0 aliphatic rings. The van der Waals surface area contributed by atoms with Crippen LogP contribution in [0.5, 0.6) is 0 Å². The summed E-state index contributed by atoms with van der Waals surface area (Å²) in [4.78, 5) is 0. The second-order valence-electron chi connectivity index (χ2n) is 12.2. The van der Waals surface area contributed by atoms with Crippen molar-refractivity contribution < 1.29 is 4.74 Å². The molecule has 1 heterocycles. The Morgan fingerprint density at radius 2 is 0.918 bits per heavy atom. The van der Waals surface area contributed by atoms with Crippen molar-refractivity contribution in [2.24, 2.45) is 0 Å². The summed E-state index contributed by atoms with van der Waals surface area (Å²) < 4.78 is 7.94. The highest BCUT2D eigenvalue weighted by Crippen LogP contribution is 2.41. The minimum Gasteiger partial charge on any atom is -0.421 e. The van der Waals surface area contributed by atoms with Crippen molar-refractivity contribution in [1.29, 1.82) is 10.8 Å². The Bertz CT molecular complexity index is 2490. The first-order valence-corrected chi connectivity index (χ1v) is 16.4. The van der Waals surface area contributed by atoms with Gasteiger partial charge in [-0.2, -0.15) is 0 Å². The summed E-state index contributed by atoms with van der Waals surface area (Å²) in [5.41, 5.74) is 12.8. The number of benzene rings is 7. The third kappa shape index (κ3) is 5.60. The summed E-state index contributed by atoms with van der Waals surface area (Å²) >= 11 is 0. The second-order valence-corrected chi connectivity index (χ2v) is 12.2. The summed E-state index contributed by atoms with van der Waals surface area (Å²) in [5, 5.41) is 19.2. The molecule has 0 fully saturated rings. The van der Waals surface area contributed by atoms with Crippen molar-refractivity contribution in [2.75, 3.05) is 0 Å². The van der Waals surface area contributed by atoms with Crippen LogP contribution in [0.25, 0.3) is 60.9 Å². The zero-order valence-electron chi connectivity index (χ0n) is 27.0. The Balaban J connectivity index is 1.17. The number of hydrogen-bond acceptors (Lipinski definition) is 3. The number of nitrogens with zero attached hydrogens (tertiary/aromatic N) is 1. The van der Waals surface area contributed by atoms with Crippen LogP contribution in [0, 0.1) is 17.7 Å². The predicted molar refractivity (Wildman–Crippen MR) is 203 cm³/mol. The highest BCUT2D eigenvalue weighted by atomic mass is 16.5. The summed E-state index contributed by atoms with van der Waals surface area (Å²) in [6, 6.07) is 58.2. The van der Waals surface area contributed by atoms with Gasteiger partial charge in [0.25, 0.3) is 0 Å². The van der Waals surface area contributed by atoms with Gasteiger partial charge in [0.2, 0.25) is 11.8 Å². The zero-order valence-corrected chi connectivity index (χ0v) is 27.0. The van der Waals surface area contributed by atoms with Crippen LogP contribution in [0.15, 0.2) is 170 Å². The Kier molecular flexibility index (Phi) is 7.67. The van der Waals surface area contributed by atoms with E-state index in [1.165, 1.54) is 27.4 Å². The molecule has 1 aromatic heterocycles. The van der Waals surface area contributed by atoms with Crippen LogP contribution in [0.2, 0.25) is 0 Å². The average Bonchev–Trinajstić information content (AvgIpc) is 3.48. The zero-order chi connectivity index (χ0) is 33.3. The topological polar surface area (TPSA) is 61.9 Å². The summed E-state index contributed by atoms with van der Waals surface area (Å²) in [6.45, 7) is 2.15. The maximum absolute atomic E-state index is 8.49. The van der Waals surface area contributed by atoms with Gasteiger partial charge in [-0.15, -0.1) is 0 Å². The minimum absolute atomic E-state index is 0.0467. The maximum atomic E-state index is 8.49. The maximum Gasteiger partial charge on any atom is 0.221 e. The highest BCUT2D eigenvalue weighted by Gasteiger charge is 2.17. The van der Waals surface area contributed by atoms with Crippen LogP contribution in [0.1, 0.15) is 16.7 Å². The van der Waals surface area contributed by atoms with E-state index in [0.717, 1.165) is 39.1 Å². The number of hydrogen-bond donors (Lipinski definition) is 2. The Morgan fingerprint density at radius 3 is 1.55 bits per heavy atom. The fourth-order valence-corrected chi connectivity index (χ4v) is 6.71.